The van der Waals surface area contributed by atoms with Gasteiger partial charge in [-0.25, -0.2) is 0 Å². The molecule has 0 bridgehead atoms. The molecule has 1 amide bonds. The molecule has 4 nitrogen and oxygen atoms in total. The largest absolute Gasteiger partial charge is 0.374 e. The summed E-state index contributed by atoms with van der Waals surface area (Å²) in [6, 6.07) is 16.0. The molecule has 2 aromatic rings. The van der Waals surface area contributed by atoms with Gasteiger partial charge in [-0.3, -0.25) is 9.69 Å². The second kappa shape index (κ2) is 10.9. The zero-order valence-electron chi connectivity index (χ0n) is 17.0. The van der Waals surface area contributed by atoms with E-state index in [2.05, 4.69) is 24.1 Å². The van der Waals surface area contributed by atoms with Gasteiger partial charge in [-0.2, -0.15) is 0 Å². The van der Waals surface area contributed by atoms with E-state index in [1.54, 1.807) is 0 Å². The molecule has 2 rings (SSSR count). The Balaban J connectivity index is 1.94. The first kappa shape index (κ1) is 21.1. The SMILES string of the molecule is CCN(CC)Cc1ccc(C(=O)NCc2ccccc2COC(C)C)cc1. The predicted octanol–water partition coefficient (Wildman–Crippen LogP) is 4.38. The van der Waals surface area contributed by atoms with E-state index in [9.17, 15) is 4.79 Å². The molecule has 0 aliphatic heterocycles. The van der Waals surface area contributed by atoms with Gasteiger partial charge in [0.1, 0.15) is 0 Å². The summed E-state index contributed by atoms with van der Waals surface area (Å²) in [6.45, 7) is 12.4. The van der Waals surface area contributed by atoms with Crippen LogP contribution in [0.5, 0.6) is 0 Å². The van der Waals surface area contributed by atoms with Crippen LogP contribution in [-0.4, -0.2) is 30.0 Å². The second-order valence-corrected chi connectivity index (χ2v) is 6.97. The van der Waals surface area contributed by atoms with Crippen LogP contribution in [0.1, 0.15) is 54.7 Å². The van der Waals surface area contributed by atoms with Crippen LogP contribution in [0.2, 0.25) is 0 Å². The maximum absolute atomic E-state index is 12.5. The van der Waals surface area contributed by atoms with Gasteiger partial charge in [0.15, 0.2) is 0 Å². The lowest BCUT2D eigenvalue weighted by Gasteiger charge is -2.18. The Morgan fingerprint density at radius 3 is 2.22 bits per heavy atom. The summed E-state index contributed by atoms with van der Waals surface area (Å²) in [6.07, 6.45) is 0.183. The highest BCUT2D eigenvalue weighted by Crippen LogP contribution is 2.12. The number of carbonyl (C=O) groups is 1. The topological polar surface area (TPSA) is 41.6 Å². The standard InChI is InChI=1S/C23H32N2O2/c1-5-25(6-2)16-19-11-13-20(14-12-19)23(26)24-15-21-9-7-8-10-22(21)17-27-18(3)4/h7-14,18H,5-6,15-17H2,1-4H3,(H,24,26). The predicted molar refractivity (Wildman–Crippen MR) is 111 cm³/mol. The van der Waals surface area contributed by atoms with Crippen LogP contribution in [0, 0.1) is 0 Å². The number of hydrogen-bond acceptors (Lipinski definition) is 3. The van der Waals surface area contributed by atoms with E-state index in [-0.39, 0.29) is 12.0 Å². The highest BCUT2D eigenvalue weighted by molar-refractivity contribution is 5.94. The second-order valence-electron chi connectivity index (χ2n) is 6.97. The number of hydrogen-bond donors (Lipinski definition) is 1. The number of carbonyl (C=O) groups excluding carboxylic acids is 1. The minimum atomic E-state index is -0.0519. The van der Waals surface area contributed by atoms with Crippen LogP contribution in [0.4, 0.5) is 0 Å². The van der Waals surface area contributed by atoms with Crippen LogP contribution in [0.25, 0.3) is 0 Å². The summed E-state index contributed by atoms with van der Waals surface area (Å²) in [5, 5.41) is 3.02. The summed E-state index contributed by atoms with van der Waals surface area (Å²) in [7, 11) is 0. The first-order chi connectivity index (χ1) is 13.0. The lowest BCUT2D eigenvalue weighted by molar-refractivity contribution is 0.0651. The molecule has 0 aliphatic rings. The van der Waals surface area contributed by atoms with Gasteiger partial charge >= 0.3 is 0 Å². The third-order valence-corrected chi connectivity index (χ3v) is 4.65. The molecule has 0 atom stereocenters. The number of amides is 1. The monoisotopic (exact) mass is 368 g/mol. The fourth-order valence-electron chi connectivity index (χ4n) is 2.87. The molecule has 0 saturated heterocycles. The molecule has 0 saturated carbocycles. The molecule has 0 aliphatic carbocycles. The van der Waals surface area contributed by atoms with Gasteiger partial charge < -0.3 is 10.1 Å². The zero-order valence-corrected chi connectivity index (χ0v) is 17.0. The van der Waals surface area contributed by atoms with Crippen molar-refractivity contribution in [3.05, 3.63) is 70.8 Å². The summed E-state index contributed by atoms with van der Waals surface area (Å²) in [5.74, 6) is -0.0519. The number of ether oxygens (including phenoxy) is 1. The van der Waals surface area contributed by atoms with Crippen molar-refractivity contribution >= 4 is 5.91 Å². The molecule has 4 heteroatoms. The molecule has 146 valence electrons. The van der Waals surface area contributed by atoms with Gasteiger partial charge in [-0.15, -0.1) is 0 Å². The van der Waals surface area contributed by atoms with Crippen molar-refractivity contribution in [3.8, 4) is 0 Å². The maximum atomic E-state index is 12.5. The van der Waals surface area contributed by atoms with Crippen molar-refractivity contribution in [2.45, 2.75) is 53.5 Å². The normalized spacial score (nSPS) is 11.2. The number of nitrogens with zero attached hydrogens (tertiary/aromatic N) is 1. The molecular weight excluding hydrogens is 336 g/mol. The zero-order chi connectivity index (χ0) is 19.6. The number of nitrogens with one attached hydrogen (secondary N) is 1. The number of benzene rings is 2. The van der Waals surface area contributed by atoms with Crippen LogP contribution in [0.15, 0.2) is 48.5 Å². The third-order valence-electron chi connectivity index (χ3n) is 4.65. The fraction of sp³-hybridized carbons (Fsp3) is 0.435. The molecule has 0 radical (unpaired) electrons. The molecule has 2 aromatic carbocycles. The van der Waals surface area contributed by atoms with Crippen LogP contribution in [0.3, 0.4) is 0 Å². The lowest BCUT2D eigenvalue weighted by atomic mass is 10.1. The quantitative estimate of drug-likeness (QED) is 0.676. The molecular formula is C23H32N2O2. The van der Waals surface area contributed by atoms with Crippen molar-refractivity contribution in [1.82, 2.24) is 10.2 Å². The van der Waals surface area contributed by atoms with Gasteiger partial charge in [-0.05, 0) is 55.8 Å². The first-order valence-corrected chi connectivity index (χ1v) is 9.81. The van der Waals surface area contributed by atoms with E-state index >= 15 is 0 Å². The van der Waals surface area contributed by atoms with Crippen LogP contribution >= 0.6 is 0 Å². The summed E-state index contributed by atoms with van der Waals surface area (Å²) in [4.78, 5) is 14.8. The van der Waals surface area contributed by atoms with E-state index in [0.717, 1.165) is 30.8 Å². The third kappa shape index (κ3) is 6.81. The van der Waals surface area contributed by atoms with Crippen LogP contribution < -0.4 is 5.32 Å². The minimum Gasteiger partial charge on any atom is -0.374 e. The highest BCUT2D eigenvalue weighted by atomic mass is 16.5. The van der Waals surface area contributed by atoms with Gasteiger partial charge in [-0.1, -0.05) is 50.2 Å². The summed E-state index contributed by atoms with van der Waals surface area (Å²) in [5.41, 5.74) is 4.12. The average molecular weight is 369 g/mol. The Morgan fingerprint density at radius 1 is 1.00 bits per heavy atom. The highest BCUT2D eigenvalue weighted by Gasteiger charge is 2.09. The molecule has 0 heterocycles. The van der Waals surface area contributed by atoms with Gasteiger partial charge in [0.2, 0.25) is 0 Å². The van der Waals surface area contributed by atoms with Crippen molar-refractivity contribution < 1.29 is 9.53 Å². The van der Waals surface area contributed by atoms with Gasteiger partial charge in [0.25, 0.3) is 5.91 Å². The molecule has 1 N–H and O–H groups in total. The number of rotatable bonds is 10. The molecule has 0 aromatic heterocycles. The van der Waals surface area contributed by atoms with E-state index < -0.39 is 0 Å². The van der Waals surface area contributed by atoms with Crippen molar-refractivity contribution in [2.24, 2.45) is 0 Å². The Hall–Kier alpha value is -2.17. The molecule has 0 unspecified atom stereocenters. The Bertz CT molecular complexity index is 707. The van der Waals surface area contributed by atoms with E-state index in [1.807, 2.05) is 62.4 Å². The van der Waals surface area contributed by atoms with Gasteiger partial charge in [0, 0.05) is 18.7 Å². The first-order valence-electron chi connectivity index (χ1n) is 9.81. The molecule has 0 spiro atoms. The van der Waals surface area contributed by atoms with Crippen molar-refractivity contribution in [2.75, 3.05) is 13.1 Å². The van der Waals surface area contributed by atoms with E-state index in [0.29, 0.717) is 18.7 Å². The fourth-order valence-corrected chi connectivity index (χ4v) is 2.87. The lowest BCUT2D eigenvalue weighted by Crippen LogP contribution is -2.24. The minimum absolute atomic E-state index is 0.0519. The van der Waals surface area contributed by atoms with Crippen molar-refractivity contribution in [3.63, 3.8) is 0 Å². The van der Waals surface area contributed by atoms with Gasteiger partial charge in [0.05, 0.1) is 12.7 Å². The molecule has 27 heavy (non-hydrogen) atoms. The summed E-state index contributed by atoms with van der Waals surface area (Å²) < 4.78 is 5.71. The maximum Gasteiger partial charge on any atom is 0.251 e. The Labute approximate surface area is 163 Å². The summed E-state index contributed by atoms with van der Waals surface area (Å²) >= 11 is 0. The van der Waals surface area contributed by atoms with Crippen LogP contribution in [-0.2, 0) is 24.4 Å². The Kier molecular flexibility index (Phi) is 8.49. The Morgan fingerprint density at radius 2 is 1.63 bits per heavy atom. The van der Waals surface area contributed by atoms with E-state index in [1.165, 1.54) is 5.56 Å². The van der Waals surface area contributed by atoms with E-state index in [4.69, 9.17) is 4.74 Å². The van der Waals surface area contributed by atoms with Crippen molar-refractivity contribution in [1.29, 1.82) is 0 Å². The molecule has 0 fully saturated rings. The smallest absolute Gasteiger partial charge is 0.251 e. The average Bonchev–Trinajstić information content (AvgIpc) is 2.69.